The van der Waals surface area contributed by atoms with Crippen LogP contribution in [-0.2, 0) is 6.54 Å². The maximum atomic E-state index is 6.10. The van der Waals surface area contributed by atoms with Crippen LogP contribution in [0, 0.1) is 0 Å². The van der Waals surface area contributed by atoms with Gasteiger partial charge in [0.15, 0.2) is 0 Å². The van der Waals surface area contributed by atoms with Gasteiger partial charge in [0, 0.05) is 18.3 Å². The van der Waals surface area contributed by atoms with Gasteiger partial charge in [-0.3, -0.25) is 10.1 Å². The van der Waals surface area contributed by atoms with Crippen molar-refractivity contribution in [2.24, 2.45) is 0 Å². The lowest BCUT2D eigenvalue weighted by atomic mass is 10.1. The lowest BCUT2D eigenvalue weighted by Gasteiger charge is -2.08. The van der Waals surface area contributed by atoms with E-state index in [0.717, 1.165) is 22.5 Å². The van der Waals surface area contributed by atoms with E-state index in [1.165, 1.54) is 0 Å². The summed E-state index contributed by atoms with van der Waals surface area (Å²) in [4.78, 5) is 4.06. The van der Waals surface area contributed by atoms with Crippen LogP contribution >= 0.6 is 11.6 Å². The molecule has 0 amide bonds. The zero-order valence-electron chi connectivity index (χ0n) is 10.7. The second-order valence-electron chi connectivity index (χ2n) is 4.35. The van der Waals surface area contributed by atoms with E-state index in [-0.39, 0.29) is 0 Å². The maximum Gasteiger partial charge on any atom is 0.0718 e. The molecular formula is C15H13ClN4. The number of H-pyrrole nitrogens is 1. The number of benzene rings is 1. The Labute approximate surface area is 121 Å². The average Bonchev–Trinajstić information content (AvgIpc) is 2.96. The normalized spacial score (nSPS) is 10.4. The number of aromatic amines is 1. The summed E-state index contributed by atoms with van der Waals surface area (Å²) in [7, 11) is 0. The van der Waals surface area contributed by atoms with Crippen LogP contribution in [0.25, 0.3) is 11.3 Å². The van der Waals surface area contributed by atoms with E-state index in [0.29, 0.717) is 11.6 Å². The van der Waals surface area contributed by atoms with E-state index in [9.17, 15) is 0 Å². The molecule has 4 nitrogen and oxygen atoms in total. The van der Waals surface area contributed by atoms with E-state index in [2.05, 4.69) is 20.5 Å². The minimum absolute atomic E-state index is 0.631. The predicted octanol–water partition coefficient (Wildman–Crippen LogP) is 3.74. The molecule has 2 heterocycles. The maximum absolute atomic E-state index is 6.10. The van der Waals surface area contributed by atoms with Crippen LogP contribution in [0.2, 0.25) is 5.02 Å². The van der Waals surface area contributed by atoms with E-state index < -0.39 is 0 Å². The molecule has 0 aliphatic rings. The number of anilines is 1. The number of nitrogens with one attached hydrogen (secondary N) is 2. The van der Waals surface area contributed by atoms with Crippen LogP contribution in [0.3, 0.4) is 0 Å². The highest BCUT2D eigenvalue weighted by molar-refractivity contribution is 6.33. The van der Waals surface area contributed by atoms with Gasteiger partial charge in [0.05, 0.1) is 28.8 Å². The lowest BCUT2D eigenvalue weighted by Crippen LogP contribution is -2.00. The standard InChI is InChI=1S/C15H13ClN4/c16-13-6-7-17-10-14(13)18-8-12-9-19-20-15(12)11-4-2-1-3-5-11/h1-7,9-10,18H,8H2,(H,19,20). The summed E-state index contributed by atoms with van der Waals surface area (Å²) in [5.74, 6) is 0. The number of rotatable bonds is 4. The van der Waals surface area contributed by atoms with Crippen molar-refractivity contribution in [2.75, 3.05) is 5.32 Å². The third kappa shape index (κ3) is 2.65. The van der Waals surface area contributed by atoms with Crippen LogP contribution in [0.5, 0.6) is 0 Å². The quantitative estimate of drug-likeness (QED) is 0.767. The van der Waals surface area contributed by atoms with Crippen molar-refractivity contribution >= 4 is 17.3 Å². The number of pyridine rings is 1. The van der Waals surface area contributed by atoms with Crippen molar-refractivity contribution in [1.29, 1.82) is 0 Å². The zero-order chi connectivity index (χ0) is 13.8. The molecule has 0 fully saturated rings. The van der Waals surface area contributed by atoms with E-state index in [1.54, 1.807) is 18.5 Å². The Bertz CT molecular complexity index is 694. The second kappa shape index (κ2) is 5.75. The van der Waals surface area contributed by atoms with Crippen molar-refractivity contribution in [1.82, 2.24) is 15.2 Å². The van der Waals surface area contributed by atoms with Crippen LogP contribution in [0.15, 0.2) is 55.0 Å². The van der Waals surface area contributed by atoms with Crippen molar-refractivity contribution in [3.63, 3.8) is 0 Å². The van der Waals surface area contributed by atoms with E-state index in [4.69, 9.17) is 11.6 Å². The number of nitrogens with zero attached hydrogens (tertiary/aromatic N) is 2. The lowest BCUT2D eigenvalue weighted by molar-refractivity contribution is 1.10. The van der Waals surface area contributed by atoms with E-state index >= 15 is 0 Å². The molecule has 0 aliphatic heterocycles. The molecule has 0 spiro atoms. The van der Waals surface area contributed by atoms with Gasteiger partial charge >= 0.3 is 0 Å². The Morgan fingerprint density at radius 1 is 1.10 bits per heavy atom. The first-order valence-electron chi connectivity index (χ1n) is 6.25. The fourth-order valence-corrected chi connectivity index (χ4v) is 2.17. The summed E-state index contributed by atoms with van der Waals surface area (Å²) in [6.07, 6.45) is 5.20. The molecule has 0 atom stereocenters. The molecule has 2 N–H and O–H groups in total. The molecule has 100 valence electrons. The Balaban J connectivity index is 1.80. The van der Waals surface area contributed by atoms with Gasteiger partial charge in [-0.15, -0.1) is 0 Å². The summed E-state index contributed by atoms with van der Waals surface area (Å²) in [5.41, 5.74) is 4.02. The molecule has 20 heavy (non-hydrogen) atoms. The minimum atomic E-state index is 0.631. The zero-order valence-corrected chi connectivity index (χ0v) is 11.4. The first kappa shape index (κ1) is 12.7. The number of hydrogen-bond acceptors (Lipinski definition) is 3. The van der Waals surface area contributed by atoms with Gasteiger partial charge in [0.25, 0.3) is 0 Å². The van der Waals surface area contributed by atoms with Gasteiger partial charge in [-0.2, -0.15) is 5.10 Å². The van der Waals surface area contributed by atoms with Gasteiger partial charge in [-0.05, 0) is 11.6 Å². The van der Waals surface area contributed by atoms with Gasteiger partial charge in [0.1, 0.15) is 0 Å². The molecule has 0 bridgehead atoms. The minimum Gasteiger partial charge on any atom is -0.378 e. The van der Waals surface area contributed by atoms with Crippen LogP contribution in [-0.4, -0.2) is 15.2 Å². The summed E-state index contributed by atoms with van der Waals surface area (Å²) >= 11 is 6.10. The van der Waals surface area contributed by atoms with Crippen molar-refractivity contribution in [3.05, 3.63) is 65.6 Å². The molecule has 0 unspecified atom stereocenters. The number of halogens is 1. The molecule has 0 saturated carbocycles. The molecule has 3 rings (SSSR count). The second-order valence-corrected chi connectivity index (χ2v) is 4.75. The van der Waals surface area contributed by atoms with Crippen LogP contribution in [0.1, 0.15) is 5.56 Å². The van der Waals surface area contributed by atoms with Gasteiger partial charge in [-0.1, -0.05) is 41.9 Å². The highest BCUT2D eigenvalue weighted by Gasteiger charge is 2.07. The molecule has 0 saturated heterocycles. The Kier molecular flexibility index (Phi) is 3.65. The summed E-state index contributed by atoms with van der Waals surface area (Å²) < 4.78 is 0. The smallest absolute Gasteiger partial charge is 0.0718 e. The Morgan fingerprint density at radius 2 is 1.95 bits per heavy atom. The fraction of sp³-hybridized carbons (Fsp3) is 0.0667. The molecular weight excluding hydrogens is 272 g/mol. The fourth-order valence-electron chi connectivity index (χ4n) is 2.00. The molecule has 2 aromatic heterocycles. The highest BCUT2D eigenvalue weighted by Crippen LogP contribution is 2.23. The predicted molar refractivity (Wildman–Crippen MR) is 80.6 cm³/mol. The summed E-state index contributed by atoms with van der Waals surface area (Å²) in [6, 6.07) is 11.9. The Hall–Kier alpha value is -2.33. The first-order valence-corrected chi connectivity index (χ1v) is 6.63. The van der Waals surface area contributed by atoms with Gasteiger partial charge in [-0.25, -0.2) is 0 Å². The first-order chi connectivity index (χ1) is 9.84. The molecule has 0 aliphatic carbocycles. The summed E-state index contributed by atoms with van der Waals surface area (Å²) in [6.45, 7) is 0.631. The van der Waals surface area contributed by atoms with Crippen molar-refractivity contribution < 1.29 is 0 Å². The molecule has 3 aromatic rings. The molecule has 5 heteroatoms. The highest BCUT2D eigenvalue weighted by atomic mass is 35.5. The SMILES string of the molecule is Clc1ccncc1NCc1cn[nH]c1-c1ccccc1. The van der Waals surface area contributed by atoms with Gasteiger partial charge < -0.3 is 5.32 Å². The summed E-state index contributed by atoms with van der Waals surface area (Å²) in [5, 5.41) is 11.1. The van der Waals surface area contributed by atoms with Crippen LogP contribution in [0.4, 0.5) is 5.69 Å². The monoisotopic (exact) mass is 284 g/mol. The topological polar surface area (TPSA) is 53.6 Å². The molecule has 1 aromatic carbocycles. The number of aromatic nitrogens is 3. The van der Waals surface area contributed by atoms with Gasteiger partial charge in [0.2, 0.25) is 0 Å². The van der Waals surface area contributed by atoms with Crippen LogP contribution < -0.4 is 5.32 Å². The van der Waals surface area contributed by atoms with Crippen molar-refractivity contribution in [3.8, 4) is 11.3 Å². The Morgan fingerprint density at radius 3 is 2.75 bits per heavy atom. The number of hydrogen-bond donors (Lipinski definition) is 2. The average molecular weight is 285 g/mol. The van der Waals surface area contributed by atoms with E-state index in [1.807, 2.05) is 36.5 Å². The third-order valence-electron chi connectivity index (χ3n) is 3.02. The molecule has 0 radical (unpaired) electrons. The third-order valence-corrected chi connectivity index (χ3v) is 3.35. The largest absolute Gasteiger partial charge is 0.378 e. The van der Waals surface area contributed by atoms with Crippen molar-refractivity contribution in [2.45, 2.75) is 6.54 Å².